The van der Waals surface area contributed by atoms with Gasteiger partial charge in [-0.3, -0.25) is 14.2 Å². The summed E-state index contributed by atoms with van der Waals surface area (Å²) in [5.74, 6) is 0.380. The molecule has 2 aromatic carbocycles. The molecule has 128 valence electrons. The Labute approximate surface area is 145 Å². The van der Waals surface area contributed by atoms with Crippen LogP contribution in [0.3, 0.4) is 0 Å². The van der Waals surface area contributed by atoms with Gasteiger partial charge in [0.25, 0.3) is 5.56 Å². The molecule has 1 N–H and O–H groups in total. The first-order valence-electron chi connectivity index (χ1n) is 8.05. The fourth-order valence-electron chi connectivity index (χ4n) is 2.74. The summed E-state index contributed by atoms with van der Waals surface area (Å²) < 4.78 is 6.55. The van der Waals surface area contributed by atoms with E-state index in [4.69, 9.17) is 4.74 Å². The number of rotatable bonds is 5. The van der Waals surface area contributed by atoms with E-state index in [0.717, 1.165) is 0 Å². The van der Waals surface area contributed by atoms with Gasteiger partial charge in [0.2, 0.25) is 5.91 Å². The van der Waals surface area contributed by atoms with Crippen LogP contribution in [0.15, 0.2) is 59.7 Å². The Kier molecular flexibility index (Phi) is 4.79. The number of carbonyl (C=O) groups is 1. The summed E-state index contributed by atoms with van der Waals surface area (Å²) in [7, 11) is 1.57. The Morgan fingerprint density at radius 1 is 1.24 bits per heavy atom. The lowest BCUT2D eigenvalue weighted by Gasteiger charge is -2.18. The Balaban J connectivity index is 1.92. The topological polar surface area (TPSA) is 73.2 Å². The van der Waals surface area contributed by atoms with Crippen molar-refractivity contribution in [2.75, 3.05) is 12.4 Å². The van der Waals surface area contributed by atoms with Gasteiger partial charge in [0.1, 0.15) is 11.8 Å². The predicted octanol–water partition coefficient (Wildman–Crippen LogP) is 2.99. The van der Waals surface area contributed by atoms with E-state index in [0.29, 0.717) is 28.8 Å². The maximum absolute atomic E-state index is 12.7. The molecule has 0 aliphatic heterocycles. The Bertz CT molecular complexity index is 965. The highest BCUT2D eigenvalue weighted by Crippen LogP contribution is 2.19. The highest BCUT2D eigenvalue weighted by Gasteiger charge is 2.21. The predicted molar refractivity (Wildman–Crippen MR) is 97.0 cm³/mol. The summed E-state index contributed by atoms with van der Waals surface area (Å²) in [6.45, 7) is 1.86. The quantitative estimate of drug-likeness (QED) is 0.777. The van der Waals surface area contributed by atoms with Crippen LogP contribution in [0.4, 0.5) is 5.69 Å². The van der Waals surface area contributed by atoms with Crippen LogP contribution in [-0.2, 0) is 4.79 Å². The second-order valence-electron chi connectivity index (χ2n) is 5.62. The summed E-state index contributed by atoms with van der Waals surface area (Å²) in [5.41, 5.74) is 1.01. The van der Waals surface area contributed by atoms with Gasteiger partial charge in [-0.1, -0.05) is 25.1 Å². The number of benzene rings is 2. The molecule has 1 atom stereocenters. The zero-order valence-corrected chi connectivity index (χ0v) is 14.1. The number of amides is 1. The molecule has 0 aliphatic carbocycles. The molecule has 0 radical (unpaired) electrons. The number of anilines is 1. The fourth-order valence-corrected chi connectivity index (χ4v) is 2.74. The van der Waals surface area contributed by atoms with Crippen molar-refractivity contribution in [2.45, 2.75) is 19.4 Å². The minimum absolute atomic E-state index is 0.224. The molecule has 0 aliphatic rings. The monoisotopic (exact) mass is 337 g/mol. The van der Waals surface area contributed by atoms with Crippen molar-refractivity contribution < 1.29 is 9.53 Å². The van der Waals surface area contributed by atoms with Crippen molar-refractivity contribution in [3.8, 4) is 5.75 Å². The number of hydrogen-bond donors (Lipinski definition) is 1. The van der Waals surface area contributed by atoms with Gasteiger partial charge in [-0.05, 0) is 30.7 Å². The molecule has 0 saturated heterocycles. The largest absolute Gasteiger partial charge is 0.497 e. The number of nitrogens with zero attached hydrogens (tertiary/aromatic N) is 2. The van der Waals surface area contributed by atoms with E-state index in [-0.39, 0.29) is 11.5 Å². The van der Waals surface area contributed by atoms with Gasteiger partial charge in [0.05, 0.1) is 24.3 Å². The number of ether oxygens (including phenoxy) is 1. The van der Waals surface area contributed by atoms with Crippen LogP contribution in [0.2, 0.25) is 0 Å². The number of carbonyl (C=O) groups excluding carboxylic acids is 1. The third-order valence-corrected chi connectivity index (χ3v) is 4.05. The minimum atomic E-state index is -0.643. The molecule has 3 aromatic rings. The molecule has 6 heteroatoms. The number of fused-ring (bicyclic) bond motifs is 1. The summed E-state index contributed by atoms with van der Waals surface area (Å²) in [6.07, 6.45) is 1.90. The summed E-state index contributed by atoms with van der Waals surface area (Å²) in [6, 6.07) is 13.5. The fraction of sp³-hybridized carbons (Fsp3) is 0.211. The average molecular weight is 337 g/mol. The minimum Gasteiger partial charge on any atom is -0.497 e. The molecule has 0 bridgehead atoms. The van der Waals surface area contributed by atoms with E-state index < -0.39 is 6.04 Å². The van der Waals surface area contributed by atoms with E-state index in [9.17, 15) is 9.59 Å². The second kappa shape index (κ2) is 7.17. The third-order valence-electron chi connectivity index (χ3n) is 4.05. The molecular weight excluding hydrogens is 318 g/mol. The zero-order valence-electron chi connectivity index (χ0n) is 14.1. The van der Waals surface area contributed by atoms with Crippen LogP contribution in [-0.4, -0.2) is 22.6 Å². The highest BCUT2D eigenvalue weighted by atomic mass is 16.5. The molecule has 0 fully saturated rings. The van der Waals surface area contributed by atoms with Gasteiger partial charge in [0.15, 0.2) is 0 Å². The van der Waals surface area contributed by atoms with E-state index in [2.05, 4.69) is 10.3 Å². The first kappa shape index (κ1) is 16.7. The number of para-hydroxylation sites is 1. The number of hydrogen-bond acceptors (Lipinski definition) is 4. The Morgan fingerprint density at radius 3 is 2.80 bits per heavy atom. The van der Waals surface area contributed by atoms with Crippen LogP contribution in [0.5, 0.6) is 5.75 Å². The SMILES string of the molecule is CC[C@H](C(=O)Nc1cccc(OC)c1)n1cnc2ccccc2c1=O. The highest BCUT2D eigenvalue weighted by molar-refractivity contribution is 5.94. The lowest BCUT2D eigenvalue weighted by Crippen LogP contribution is -2.33. The maximum Gasteiger partial charge on any atom is 0.261 e. The molecule has 1 aromatic heterocycles. The standard InChI is InChI=1S/C19H19N3O3/c1-3-17(18(23)21-13-7-6-8-14(11-13)25-2)22-12-20-16-10-5-4-9-15(16)19(22)24/h4-12,17H,3H2,1-2H3,(H,21,23)/t17-/m1/s1. The van der Waals surface area contributed by atoms with Crippen molar-refractivity contribution >= 4 is 22.5 Å². The van der Waals surface area contributed by atoms with E-state index >= 15 is 0 Å². The summed E-state index contributed by atoms with van der Waals surface area (Å²) in [4.78, 5) is 29.7. The van der Waals surface area contributed by atoms with E-state index in [1.165, 1.54) is 10.9 Å². The van der Waals surface area contributed by atoms with Gasteiger partial charge in [0, 0.05) is 11.8 Å². The van der Waals surface area contributed by atoms with Crippen molar-refractivity contribution in [2.24, 2.45) is 0 Å². The number of nitrogens with one attached hydrogen (secondary N) is 1. The Hall–Kier alpha value is -3.15. The molecule has 0 spiro atoms. The molecule has 1 heterocycles. The molecular formula is C19H19N3O3. The lowest BCUT2D eigenvalue weighted by atomic mass is 10.1. The number of aromatic nitrogens is 2. The normalized spacial score (nSPS) is 11.9. The van der Waals surface area contributed by atoms with Crippen molar-refractivity contribution in [1.29, 1.82) is 0 Å². The van der Waals surface area contributed by atoms with Crippen LogP contribution in [0.25, 0.3) is 10.9 Å². The van der Waals surface area contributed by atoms with Crippen LogP contribution in [0, 0.1) is 0 Å². The van der Waals surface area contributed by atoms with Crippen molar-refractivity contribution in [3.05, 3.63) is 65.2 Å². The van der Waals surface area contributed by atoms with Crippen LogP contribution >= 0.6 is 0 Å². The molecule has 1 amide bonds. The van der Waals surface area contributed by atoms with Gasteiger partial charge in [-0.15, -0.1) is 0 Å². The number of methoxy groups -OCH3 is 1. The van der Waals surface area contributed by atoms with E-state index in [1.54, 1.807) is 49.6 Å². The zero-order chi connectivity index (χ0) is 17.8. The summed E-state index contributed by atoms with van der Waals surface area (Å²) >= 11 is 0. The van der Waals surface area contributed by atoms with Gasteiger partial charge in [-0.2, -0.15) is 0 Å². The van der Waals surface area contributed by atoms with Crippen molar-refractivity contribution in [3.63, 3.8) is 0 Å². The molecule has 0 unspecified atom stereocenters. The average Bonchev–Trinajstić information content (AvgIpc) is 2.64. The molecule has 3 rings (SSSR count). The van der Waals surface area contributed by atoms with Gasteiger partial charge < -0.3 is 10.1 Å². The third kappa shape index (κ3) is 3.38. The summed E-state index contributed by atoms with van der Waals surface area (Å²) in [5, 5.41) is 3.33. The first-order valence-corrected chi connectivity index (χ1v) is 8.05. The van der Waals surface area contributed by atoms with Crippen molar-refractivity contribution in [1.82, 2.24) is 9.55 Å². The first-order chi connectivity index (χ1) is 12.1. The Morgan fingerprint density at radius 2 is 2.04 bits per heavy atom. The lowest BCUT2D eigenvalue weighted by molar-refractivity contribution is -0.119. The van der Waals surface area contributed by atoms with Gasteiger partial charge >= 0.3 is 0 Å². The van der Waals surface area contributed by atoms with Crippen LogP contribution in [0.1, 0.15) is 19.4 Å². The van der Waals surface area contributed by atoms with Crippen LogP contribution < -0.4 is 15.6 Å². The smallest absolute Gasteiger partial charge is 0.261 e. The van der Waals surface area contributed by atoms with E-state index in [1.807, 2.05) is 13.0 Å². The molecule has 25 heavy (non-hydrogen) atoms. The van der Waals surface area contributed by atoms with Gasteiger partial charge in [-0.25, -0.2) is 4.98 Å². The molecule has 0 saturated carbocycles. The maximum atomic E-state index is 12.7. The second-order valence-corrected chi connectivity index (χ2v) is 5.62. The molecule has 6 nitrogen and oxygen atoms in total.